The third-order valence-corrected chi connectivity index (χ3v) is 6.88. The van der Waals surface area contributed by atoms with Crippen LogP contribution in [-0.4, -0.2) is 79.8 Å². The maximum Gasteiger partial charge on any atom is 0.216 e. The van der Waals surface area contributed by atoms with Gasteiger partial charge in [-0.15, -0.1) is 0 Å². The minimum Gasteiger partial charge on any atom is -0.378 e. The van der Waals surface area contributed by atoms with Crippen molar-refractivity contribution in [2.75, 3.05) is 45.1 Å². The molecule has 0 saturated carbocycles. The Morgan fingerprint density at radius 3 is 2.63 bits per heavy atom. The van der Waals surface area contributed by atoms with E-state index >= 15 is 0 Å². The molecule has 0 unspecified atom stereocenters. The number of benzene rings is 1. The minimum absolute atomic E-state index is 0.0275. The first-order valence-electron chi connectivity index (χ1n) is 10.6. The van der Waals surface area contributed by atoms with Gasteiger partial charge in [0, 0.05) is 43.9 Å². The normalized spacial score (nSPS) is 16.5. The first-order valence-corrected chi connectivity index (χ1v) is 12.2. The molecule has 1 saturated heterocycles. The Kier molecular flexibility index (Phi) is 7.74. The van der Waals surface area contributed by atoms with Gasteiger partial charge in [0.2, 0.25) is 10.0 Å². The van der Waals surface area contributed by atoms with Gasteiger partial charge in [0.05, 0.1) is 25.0 Å². The number of para-hydroxylation sites is 1. The van der Waals surface area contributed by atoms with E-state index in [2.05, 4.69) is 33.4 Å². The molecular weight excluding hydrogens is 402 g/mol. The van der Waals surface area contributed by atoms with Crippen LogP contribution in [0.1, 0.15) is 26.5 Å². The molecule has 0 amide bonds. The Morgan fingerprint density at radius 2 is 1.97 bits per heavy atom. The molecule has 166 valence electrons. The molecule has 9 heteroatoms. The van der Waals surface area contributed by atoms with Crippen LogP contribution in [-0.2, 0) is 21.3 Å². The number of nitrogens with one attached hydrogen (secondary N) is 2. The smallest absolute Gasteiger partial charge is 0.216 e. The summed E-state index contributed by atoms with van der Waals surface area (Å²) < 4.78 is 32.1. The molecule has 1 aliphatic heterocycles. The van der Waals surface area contributed by atoms with Crippen LogP contribution in [0.3, 0.4) is 0 Å². The minimum atomic E-state index is -3.29. The molecule has 1 aromatic heterocycles. The number of hydrogen-bond acceptors (Lipinski definition) is 4. The number of aliphatic imine (C=N–C) groups is 1. The Bertz CT molecular complexity index is 913. The fourth-order valence-corrected chi connectivity index (χ4v) is 4.79. The highest BCUT2D eigenvalue weighted by atomic mass is 32.2. The van der Waals surface area contributed by atoms with E-state index in [0.29, 0.717) is 32.7 Å². The second-order valence-electron chi connectivity index (χ2n) is 7.67. The van der Waals surface area contributed by atoms with Gasteiger partial charge in [-0.1, -0.05) is 18.2 Å². The number of fused-ring (bicyclic) bond motifs is 1. The lowest BCUT2D eigenvalue weighted by Gasteiger charge is -2.35. The lowest BCUT2D eigenvalue weighted by atomic mass is 10.2. The van der Waals surface area contributed by atoms with E-state index in [-0.39, 0.29) is 18.5 Å². The molecule has 1 aromatic carbocycles. The molecule has 0 bridgehead atoms. The second-order valence-corrected chi connectivity index (χ2v) is 9.76. The Labute approximate surface area is 179 Å². The molecule has 30 heavy (non-hydrogen) atoms. The van der Waals surface area contributed by atoms with Gasteiger partial charge in [-0.05, 0) is 38.3 Å². The summed E-state index contributed by atoms with van der Waals surface area (Å²) in [4.78, 5) is 10.3. The van der Waals surface area contributed by atoms with Crippen molar-refractivity contribution < 1.29 is 13.2 Å². The van der Waals surface area contributed by atoms with Crippen molar-refractivity contribution in [3.8, 4) is 0 Å². The zero-order valence-corrected chi connectivity index (χ0v) is 18.9. The summed E-state index contributed by atoms with van der Waals surface area (Å²) in [6.07, 6.45) is 0.0354. The number of rotatable bonds is 8. The number of sulfonamides is 1. The SMILES string of the molecule is CCNC(=NCc1cc2ccccc2[nH]1)N1CCN(S(=O)(=O)CCOC(C)C)CC1. The van der Waals surface area contributed by atoms with Crippen molar-refractivity contribution in [2.24, 2.45) is 4.99 Å². The van der Waals surface area contributed by atoms with E-state index in [0.717, 1.165) is 23.7 Å². The number of nitrogens with zero attached hydrogens (tertiary/aromatic N) is 3. The third kappa shape index (κ3) is 5.96. The Hall–Kier alpha value is -2.10. The van der Waals surface area contributed by atoms with Crippen LogP contribution in [0.15, 0.2) is 35.3 Å². The predicted molar refractivity (Wildman–Crippen MR) is 121 cm³/mol. The number of aromatic amines is 1. The second kappa shape index (κ2) is 10.3. The lowest BCUT2D eigenvalue weighted by molar-refractivity contribution is 0.0904. The molecule has 3 rings (SSSR count). The third-order valence-electron chi connectivity index (χ3n) is 5.04. The van der Waals surface area contributed by atoms with E-state index in [1.54, 1.807) is 4.31 Å². The number of hydrogen-bond donors (Lipinski definition) is 2. The van der Waals surface area contributed by atoms with E-state index in [9.17, 15) is 8.42 Å². The van der Waals surface area contributed by atoms with E-state index < -0.39 is 10.0 Å². The monoisotopic (exact) mass is 435 g/mol. The van der Waals surface area contributed by atoms with Crippen LogP contribution in [0.5, 0.6) is 0 Å². The lowest BCUT2D eigenvalue weighted by Crippen LogP contribution is -2.54. The van der Waals surface area contributed by atoms with Crippen molar-refractivity contribution in [3.63, 3.8) is 0 Å². The molecule has 8 nitrogen and oxygen atoms in total. The van der Waals surface area contributed by atoms with Gasteiger partial charge in [-0.25, -0.2) is 13.4 Å². The van der Waals surface area contributed by atoms with Crippen LogP contribution in [0.4, 0.5) is 0 Å². The molecule has 0 spiro atoms. The molecular formula is C21H33N5O3S. The van der Waals surface area contributed by atoms with Gasteiger partial charge in [0.15, 0.2) is 5.96 Å². The van der Waals surface area contributed by atoms with Gasteiger partial charge in [0.1, 0.15) is 0 Å². The summed E-state index contributed by atoms with van der Waals surface area (Å²) in [5.74, 6) is 0.844. The van der Waals surface area contributed by atoms with Gasteiger partial charge in [-0.2, -0.15) is 4.31 Å². The molecule has 2 aromatic rings. The molecule has 0 atom stereocenters. The number of piperazine rings is 1. The standard InChI is InChI=1S/C21H33N5O3S/c1-4-22-21(23-16-19-15-18-7-5-6-8-20(18)24-19)25-9-11-26(12-10-25)30(27,28)14-13-29-17(2)3/h5-8,15,17,24H,4,9-14,16H2,1-3H3,(H,22,23). The van der Waals surface area contributed by atoms with E-state index in [1.807, 2.05) is 32.9 Å². The van der Waals surface area contributed by atoms with Crippen molar-refractivity contribution in [1.29, 1.82) is 0 Å². The first-order chi connectivity index (χ1) is 14.4. The summed E-state index contributed by atoms with van der Waals surface area (Å²) in [5, 5.41) is 4.50. The molecule has 0 radical (unpaired) electrons. The molecule has 1 aliphatic rings. The maximum atomic E-state index is 12.5. The predicted octanol–water partition coefficient (Wildman–Crippen LogP) is 2.01. The van der Waals surface area contributed by atoms with E-state index in [1.165, 1.54) is 5.39 Å². The number of H-pyrrole nitrogens is 1. The van der Waals surface area contributed by atoms with Crippen molar-refractivity contribution in [2.45, 2.75) is 33.4 Å². The summed E-state index contributed by atoms with van der Waals surface area (Å²) in [6.45, 7) is 9.53. The van der Waals surface area contributed by atoms with E-state index in [4.69, 9.17) is 9.73 Å². The van der Waals surface area contributed by atoms with Crippen LogP contribution in [0.25, 0.3) is 10.9 Å². The molecule has 1 fully saturated rings. The van der Waals surface area contributed by atoms with Crippen molar-refractivity contribution in [1.82, 2.24) is 19.5 Å². The van der Waals surface area contributed by atoms with Gasteiger partial charge in [0.25, 0.3) is 0 Å². The highest BCUT2D eigenvalue weighted by Gasteiger charge is 2.28. The fraction of sp³-hybridized carbons (Fsp3) is 0.571. The summed E-state index contributed by atoms with van der Waals surface area (Å²) in [6, 6.07) is 10.3. The van der Waals surface area contributed by atoms with Crippen LogP contribution >= 0.6 is 0 Å². The number of guanidine groups is 1. The Balaban J connectivity index is 1.58. The largest absolute Gasteiger partial charge is 0.378 e. The zero-order valence-electron chi connectivity index (χ0n) is 18.1. The molecule has 2 N–H and O–H groups in total. The quantitative estimate of drug-likeness (QED) is 0.489. The highest BCUT2D eigenvalue weighted by molar-refractivity contribution is 7.89. The van der Waals surface area contributed by atoms with Crippen LogP contribution < -0.4 is 5.32 Å². The zero-order chi connectivity index (χ0) is 21.6. The van der Waals surface area contributed by atoms with Gasteiger partial charge in [-0.3, -0.25) is 0 Å². The topological polar surface area (TPSA) is 90.0 Å². The fourth-order valence-electron chi connectivity index (χ4n) is 3.50. The number of ether oxygens (including phenoxy) is 1. The average Bonchev–Trinajstić information content (AvgIpc) is 3.14. The summed E-state index contributed by atoms with van der Waals surface area (Å²) >= 11 is 0. The average molecular weight is 436 g/mol. The van der Waals surface area contributed by atoms with Crippen LogP contribution in [0, 0.1) is 0 Å². The summed E-state index contributed by atoms with van der Waals surface area (Å²) in [7, 11) is -3.29. The Morgan fingerprint density at radius 1 is 1.23 bits per heavy atom. The number of aromatic nitrogens is 1. The first kappa shape index (κ1) is 22.6. The maximum absolute atomic E-state index is 12.5. The van der Waals surface area contributed by atoms with Gasteiger partial charge < -0.3 is 19.9 Å². The van der Waals surface area contributed by atoms with Crippen molar-refractivity contribution in [3.05, 3.63) is 36.0 Å². The van der Waals surface area contributed by atoms with Crippen molar-refractivity contribution >= 4 is 26.9 Å². The van der Waals surface area contributed by atoms with Gasteiger partial charge >= 0.3 is 0 Å². The summed E-state index contributed by atoms with van der Waals surface area (Å²) in [5.41, 5.74) is 2.16. The highest BCUT2D eigenvalue weighted by Crippen LogP contribution is 2.15. The molecule has 0 aliphatic carbocycles. The molecule has 2 heterocycles. The van der Waals surface area contributed by atoms with Crippen LogP contribution in [0.2, 0.25) is 0 Å².